The quantitative estimate of drug-likeness (QED) is 0.135. The zero-order valence-electron chi connectivity index (χ0n) is 24.4. The predicted octanol–water partition coefficient (Wildman–Crippen LogP) is 10.1. The Morgan fingerprint density at radius 2 is 1.00 bits per heavy atom. The van der Waals surface area contributed by atoms with Gasteiger partial charge in [-0.1, -0.05) is 127 Å². The summed E-state index contributed by atoms with van der Waals surface area (Å²) in [7, 11) is -1.40. The summed E-state index contributed by atoms with van der Waals surface area (Å²) in [6, 6.07) is 41.6. The first-order valence-electron chi connectivity index (χ1n) is 14.4. The molecule has 0 saturated carbocycles. The van der Waals surface area contributed by atoms with Crippen LogP contribution in [0.2, 0.25) is 0 Å². The number of rotatable bonds is 2. The number of nitrogens with zero attached hydrogens (tertiary/aromatic N) is 2. The molecule has 4 nitrogen and oxygen atoms in total. The molecule has 0 amide bonds. The van der Waals surface area contributed by atoms with Gasteiger partial charge < -0.3 is 10.0 Å². The number of fused-ring (bicyclic) bond motifs is 6. The third kappa shape index (κ3) is 7.22. The summed E-state index contributed by atoms with van der Waals surface area (Å²) in [5.74, 6) is 0. The predicted molar refractivity (Wildman–Crippen MR) is 203 cm³/mol. The normalized spacial score (nSPS) is 10.7. The Bertz CT molecular complexity index is 2290. The van der Waals surface area contributed by atoms with Crippen LogP contribution < -0.4 is 5.46 Å². The van der Waals surface area contributed by atoms with Crippen molar-refractivity contribution < 1.29 is 10.0 Å². The smallest absolute Gasteiger partial charge is 0.423 e. The van der Waals surface area contributed by atoms with Crippen LogP contribution in [0.5, 0.6) is 0 Å². The Morgan fingerprint density at radius 1 is 0.457 bits per heavy atom. The molecule has 224 valence electrons. The molecule has 8 aromatic rings. The minimum absolute atomic E-state index is 0.414. The molecule has 0 fully saturated rings. The summed E-state index contributed by atoms with van der Waals surface area (Å²) in [4.78, 5) is 7.90. The van der Waals surface area contributed by atoms with E-state index in [0.29, 0.717) is 5.46 Å². The van der Waals surface area contributed by atoms with Gasteiger partial charge in [0, 0.05) is 49.2 Å². The minimum Gasteiger partial charge on any atom is -0.423 e. The van der Waals surface area contributed by atoms with Gasteiger partial charge in [0.15, 0.2) is 0 Å². The van der Waals surface area contributed by atoms with Crippen molar-refractivity contribution in [3.8, 4) is 11.1 Å². The maximum absolute atomic E-state index is 8.54. The van der Waals surface area contributed by atoms with Gasteiger partial charge in [-0.05, 0) is 91.1 Å². The highest BCUT2D eigenvalue weighted by Gasteiger charge is 2.09. The highest BCUT2D eigenvalue weighted by atomic mass is 79.9. The standard InChI is InChI=1S/C19H12BrN.C14H8Br2.C5H6BNO2/c20-19-11-14-8-7-13(15-4-3-9-21-12-15)10-18(14)16-5-1-2-6-17(16)19;15-10-6-5-9-7-14(16)12-4-2-1-3-11(12)13(9)8-10;8-6(9)5-2-1-3-7-4-5/h1-12H;1-8H;1-4,8-9H. The van der Waals surface area contributed by atoms with Crippen molar-refractivity contribution in [3.63, 3.8) is 0 Å². The number of benzene rings is 6. The lowest BCUT2D eigenvalue weighted by Gasteiger charge is -2.09. The van der Waals surface area contributed by atoms with Crippen LogP contribution in [-0.2, 0) is 0 Å². The van der Waals surface area contributed by atoms with Crippen molar-refractivity contribution in [1.82, 2.24) is 9.97 Å². The SMILES string of the molecule is Brc1cc2ccc(-c3cccnc3)cc2c2ccccc12.Brc1ccc2cc(Br)c3ccccc3c2c1.OB(O)c1cccnc1. The summed E-state index contributed by atoms with van der Waals surface area (Å²) >= 11 is 10.8. The second kappa shape index (κ2) is 14.7. The summed E-state index contributed by atoms with van der Waals surface area (Å²) in [5.41, 5.74) is 2.76. The Kier molecular flexibility index (Phi) is 10.2. The first-order chi connectivity index (χ1) is 22.4. The van der Waals surface area contributed by atoms with Crippen LogP contribution in [0.3, 0.4) is 0 Å². The van der Waals surface area contributed by atoms with Gasteiger partial charge in [-0.3, -0.25) is 9.97 Å². The lowest BCUT2D eigenvalue weighted by molar-refractivity contribution is 0.425. The average Bonchev–Trinajstić information content (AvgIpc) is 3.10. The number of halogens is 3. The first kappa shape index (κ1) is 32.0. The Balaban J connectivity index is 0.000000131. The number of pyridine rings is 2. The Hall–Kier alpha value is -3.92. The van der Waals surface area contributed by atoms with Gasteiger partial charge >= 0.3 is 7.12 Å². The second-order valence-corrected chi connectivity index (χ2v) is 13.1. The third-order valence-electron chi connectivity index (χ3n) is 7.56. The van der Waals surface area contributed by atoms with E-state index >= 15 is 0 Å². The van der Waals surface area contributed by atoms with Crippen LogP contribution >= 0.6 is 47.8 Å². The zero-order valence-corrected chi connectivity index (χ0v) is 29.1. The van der Waals surface area contributed by atoms with Crippen molar-refractivity contribution in [2.24, 2.45) is 0 Å². The molecule has 0 atom stereocenters. The molecule has 2 heterocycles. The van der Waals surface area contributed by atoms with Gasteiger partial charge in [0.1, 0.15) is 0 Å². The number of hydrogen-bond donors (Lipinski definition) is 2. The van der Waals surface area contributed by atoms with Crippen LogP contribution in [-0.4, -0.2) is 27.1 Å². The van der Waals surface area contributed by atoms with E-state index in [-0.39, 0.29) is 0 Å². The molecule has 0 aliphatic carbocycles. The van der Waals surface area contributed by atoms with Crippen molar-refractivity contribution >= 4 is 103 Å². The molecule has 2 N–H and O–H groups in total. The van der Waals surface area contributed by atoms with Crippen molar-refractivity contribution in [3.05, 3.63) is 160 Å². The molecule has 0 aliphatic rings. The molecular formula is C38H26BBr3N2O2. The lowest BCUT2D eigenvalue weighted by Crippen LogP contribution is -2.29. The van der Waals surface area contributed by atoms with Crippen LogP contribution in [0.25, 0.3) is 54.2 Å². The summed E-state index contributed by atoms with van der Waals surface area (Å²) in [6.07, 6.45) is 6.69. The molecule has 8 rings (SSSR count). The fraction of sp³-hybridized carbons (Fsp3) is 0. The average molecular weight is 793 g/mol. The largest absolute Gasteiger partial charge is 0.490 e. The molecular weight excluding hydrogens is 767 g/mol. The molecule has 0 unspecified atom stereocenters. The molecule has 2 aromatic heterocycles. The molecule has 8 heteroatoms. The maximum atomic E-state index is 8.54. The number of aromatic nitrogens is 2. The second-order valence-electron chi connectivity index (χ2n) is 10.5. The van der Waals surface area contributed by atoms with Gasteiger partial charge in [-0.15, -0.1) is 0 Å². The van der Waals surface area contributed by atoms with E-state index in [2.05, 4.69) is 161 Å². The highest BCUT2D eigenvalue weighted by Crippen LogP contribution is 2.35. The molecule has 0 saturated heterocycles. The lowest BCUT2D eigenvalue weighted by atomic mass is 9.82. The fourth-order valence-electron chi connectivity index (χ4n) is 5.33. The van der Waals surface area contributed by atoms with Crippen molar-refractivity contribution in [2.45, 2.75) is 0 Å². The molecule has 0 aliphatic heterocycles. The van der Waals surface area contributed by atoms with Crippen LogP contribution in [0, 0.1) is 0 Å². The van der Waals surface area contributed by atoms with E-state index in [9.17, 15) is 0 Å². The summed E-state index contributed by atoms with van der Waals surface area (Å²) < 4.78 is 3.41. The highest BCUT2D eigenvalue weighted by molar-refractivity contribution is 9.11. The van der Waals surface area contributed by atoms with Gasteiger partial charge in [0.25, 0.3) is 0 Å². The zero-order chi connectivity index (χ0) is 32.0. The first-order valence-corrected chi connectivity index (χ1v) is 16.8. The van der Waals surface area contributed by atoms with Crippen LogP contribution in [0.1, 0.15) is 0 Å². The minimum atomic E-state index is -1.40. The van der Waals surface area contributed by atoms with E-state index in [0.717, 1.165) is 19.0 Å². The molecule has 0 spiro atoms. The van der Waals surface area contributed by atoms with E-state index in [1.165, 1.54) is 54.9 Å². The Labute approximate surface area is 292 Å². The molecule has 6 aromatic carbocycles. The fourth-order valence-corrected chi connectivity index (χ4v) is 6.87. The van der Waals surface area contributed by atoms with Crippen molar-refractivity contribution in [1.29, 1.82) is 0 Å². The van der Waals surface area contributed by atoms with Crippen LogP contribution in [0.15, 0.2) is 160 Å². The summed E-state index contributed by atoms with van der Waals surface area (Å²) in [5, 5.41) is 27.2. The molecule has 0 bridgehead atoms. The number of hydrogen-bond acceptors (Lipinski definition) is 4. The molecule has 46 heavy (non-hydrogen) atoms. The van der Waals surface area contributed by atoms with Crippen molar-refractivity contribution in [2.75, 3.05) is 0 Å². The van der Waals surface area contributed by atoms with E-state index in [1.807, 2.05) is 12.3 Å². The van der Waals surface area contributed by atoms with Gasteiger partial charge in [0.05, 0.1) is 0 Å². The van der Waals surface area contributed by atoms with E-state index in [4.69, 9.17) is 10.0 Å². The Morgan fingerprint density at radius 3 is 1.52 bits per heavy atom. The van der Waals surface area contributed by atoms with Crippen LogP contribution in [0.4, 0.5) is 0 Å². The van der Waals surface area contributed by atoms with Gasteiger partial charge in [-0.2, -0.15) is 0 Å². The maximum Gasteiger partial charge on any atom is 0.490 e. The van der Waals surface area contributed by atoms with Gasteiger partial charge in [-0.25, -0.2) is 0 Å². The van der Waals surface area contributed by atoms with E-state index in [1.54, 1.807) is 24.5 Å². The van der Waals surface area contributed by atoms with E-state index < -0.39 is 7.12 Å². The summed E-state index contributed by atoms with van der Waals surface area (Å²) in [6.45, 7) is 0. The molecule has 0 radical (unpaired) electrons. The monoisotopic (exact) mass is 790 g/mol. The van der Waals surface area contributed by atoms with Gasteiger partial charge in [0.2, 0.25) is 0 Å². The third-order valence-corrected chi connectivity index (χ3v) is 9.37. The topological polar surface area (TPSA) is 66.2 Å².